The summed E-state index contributed by atoms with van der Waals surface area (Å²) in [5.74, 6) is -0.429. The van der Waals surface area contributed by atoms with Crippen molar-refractivity contribution in [3.63, 3.8) is 0 Å². The average molecular weight is 363 g/mol. The summed E-state index contributed by atoms with van der Waals surface area (Å²) in [5, 5.41) is 13.3. The number of phenolic OH excluding ortho intramolecular Hbond substituents is 1. The minimum absolute atomic E-state index is 0.0996. The Labute approximate surface area is 154 Å². The van der Waals surface area contributed by atoms with Crippen molar-refractivity contribution in [1.29, 1.82) is 0 Å². The van der Waals surface area contributed by atoms with Crippen LogP contribution in [0.25, 0.3) is 16.5 Å². The van der Waals surface area contributed by atoms with Crippen molar-refractivity contribution >= 4 is 28.2 Å². The van der Waals surface area contributed by atoms with E-state index >= 15 is 0 Å². The molecule has 0 radical (unpaired) electrons. The smallest absolute Gasteiger partial charge is 0.341 e. The van der Waals surface area contributed by atoms with Crippen LogP contribution in [0.1, 0.15) is 25.0 Å². The minimum Gasteiger partial charge on any atom is -0.508 e. The molecule has 6 heteroatoms. The standard InChI is InChI=1S/C21H17NO5/c1-21(2)16-8-6-12-7-9-17(24)26-19(12)18(16)15(20(25)27-21)11-22-13-4-3-5-14(23)10-13/h3-11,22-23H,1-2H3/b15-11-. The Morgan fingerprint density at radius 3 is 2.63 bits per heavy atom. The monoisotopic (exact) mass is 363 g/mol. The number of hydrogen-bond acceptors (Lipinski definition) is 6. The van der Waals surface area contributed by atoms with E-state index in [1.807, 2.05) is 12.1 Å². The predicted molar refractivity (Wildman–Crippen MR) is 101 cm³/mol. The molecule has 0 saturated carbocycles. The molecular weight excluding hydrogens is 346 g/mol. The lowest BCUT2D eigenvalue weighted by atomic mass is 9.85. The highest BCUT2D eigenvalue weighted by Gasteiger charge is 2.38. The number of fused-ring (bicyclic) bond motifs is 3. The van der Waals surface area contributed by atoms with Gasteiger partial charge in [0.1, 0.15) is 16.9 Å². The maximum atomic E-state index is 12.7. The highest BCUT2D eigenvalue weighted by Crippen LogP contribution is 2.41. The Morgan fingerprint density at radius 1 is 1.07 bits per heavy atom. The second-order valence-corrected chi connectivity index (χ2v) is 6.81. The molecule has 1 aromatic heterocycles. The van der Waals surface area contributed by atoms with Gasteiger partial charge in [0.05, 0.1) is 5.57 Å². The van der Waals surface area contributed by atoms with Crippen molar-refractivity contribution in [2.75, 3.05) is 5.32 Å². The normalized spacial score (nSPS) is 16.8. The second kappa shape index (κ2) is 6.02. The third-order valence-electron chi connectivity index (χ3n) is 4.50. The minimum atomic E-state index is -0.864. The van der Waals surface area contributed by atoms with E-state index in [2.05, 4.69) is 5.32 Å². The molecule has 6 nitrogen and oxygen atoms in total. The topological polar surface area (TPSA) is 88.8 Å². The summed E-state index contributed by atoms with van der Waals surface area (Å²) in [4.78, 5) is 24.5. The fraction of sp³-hybridized carbons (Fsp3) is 0.143. The van der Waals surface area contributed by atoms with Crippen molar-refractivity contribution < 1.29 is 19.1 Å². The van der Waals surface area contributed by atoms with Crippen molar-refractivity contribution in [2.24, 2.45) is 0 Å². The van der Waals surface area contributed by atoms with Gasteiger partial charge in [0, 0.05) is 40.5 Å². The Morgan fingerprint density at radius 2 is 1.85 bits per heavy atom. The van der Waals surface area contributed by atoms with Crippen molar-refractivity contribution in [3.8, 4) is 5.75 Å². The van der Waals surface area contributed by atoms with Gasteiger partial charge in [0.2, 0.25) is 0 Å². The SMILES string of the molecule is CC1(C)OC(=O)/C(=C\Nc2cccc(O)c2)c2c1ccc1ccc(=O)oc21. The zero-order chi connectivity index (χ0) is 19.2. The number of nitrogens with one attached hydrogen (secondary N) is 1. The molecule has 0 atom stereocenters. The Balaban J connectivity index is 1.93. The first-order valence-corrected chi connectivity index (χ1v) is 8.42. The molecule has 4 rings (SSSR count). The lowest BCUT2D eigenvalue weighted by molar-refractivity contribution is -0.151. The summed E-state index contributed by atoms with van der Waals surface area (Å²) >= 11 is 0. The maximum Gasteiger partial charge on any atom is 0.341 e. The van der Waals surface area contributed by atoms with E-state index in [9.17, 15) is 14.7 Å². The summed E-state index contributed by atoms with van der Waals surface area (Å²) in [6, 6.07) is 13.2. The Hall–Kier alpha value is -3.54. The van der Waals surface area contributed by atoms with Crippen LogP contribution in [-0.2, 0) is 15.1 Å². The largest absolute Gasteiger partial charge is 0.508 e. The van der Waals surface area contributed by atoms with Crippen molar-refractivity contribution in [2.45, 2.75) is 19.4 Å². The van der Waals surface area contributed by atoms with Gasteiger partial charge in [-0.2, -0.15) is 0 Å². The van der Waals surface area contributed by atoms with Crippen LogP contribution >= 0.6 is 0 Å². The number of carbonyl (C=O) groups excluding carboxylic acids is 1. The first-order chi connectivity index (χ1) is 12.8. The zero-order valence-electron chi connectivity index (χ0n) is 14.8. The summed E-state index contributed by atoms with van der Waals surface area (Å²) in [6.07, 6.45) is 1.50. The van der Waals surface area contributed by atoms with Gasteiger partial charge in [0.25, 0.3) is 0 Å². The van der Waals surface area contributed by atoms with Gasteiger partial charge in [-0.3, -0.25) is 0 Å². The van der Waals surface area contributed by atoms with E-state index in [-0.39, 0.29) is 11.3 Å². The predicted octanol–water partition coefficient (Wildman–Crippen LogP) is 3.74. The van der Waals surface area contributed by atoms with E-state index in [0.717, 1.165) is 5.56 Å². The molecule has 0 spiro atoms. The molecule has 0 bridgehead atoms. The summed E-state index contributed by atoms with van der Waals surface area (Å²) in [6.45, 7) is 3.58. The lowest BCUT2D eigenvalue weighted by Gasteiger charge is -2.33. The number of esters is 1. The van der Waals surface area contributed by atoms with Crippen molar-refractivity contribution in [1.82, 2.24) is 0 Å². The molecule has 2 heterocycles. The number of hydrogen-bond donors (Lipinski definition) is 2. The fourth-order valence-corrected chi connectivity index (χ4v) is 3.23. The molecule has 0 amide bonds. The van der Waals surface area contributed by atoms with Crippen LogP contribution in [0.15, 0.2) is 63.9 Å². The van der Waals surface area contributed by atoms with E-state index in [1.165, 1.54) is 18.3 Å². The van der Waals surface area contributed by atoms with Crippen LogP contribution in [0.2, 0.25) is 0 Å². The fourth-order valence-electron chi connectivity index (χ4n) is 3.23. The average Bonchev–Trinajstić information content (AvgIpc) is 2.60. The molecule has 3 aromatic rings. The van der Waals surface area contributed by atoms with Crippen LogP contribution in [0, 0.1) is 0 Å². The number of rotatable bonds is 2. The van der Waals surface area contributed by atoms with Gasteiger partial charge in [-0.25, -0.2) is 9.59 Å². The van der Waals surface area contributed by atoms with Gasteiger partial charge < -0.3 is 19.6 Å². The maximum absolute atomic E-state index is 12.7. The molecule has 27 heavy (non-hydrogen) atoms. The van der Waals surface area contributed by atoms with Crippen LogP contribution in [0.5, 0.6) is 5.75 Å². The number of phenols is 1. The lowest BCUT2D eigenvalue weighted by Crippen LogP contribution is -2.32. The molecule has 2 N–H and O–H groups in total. The summed E-state index contributed by atoms with van der Waals surface area (Å²) in [5.41, 5.74) is 1.10. The molecular formula is C21H17NO5. The van der Waals surface area contributed by atoms with Crippen LogP contribution in [-0.4, -0.2) is 11.1 Å². The number of benzene rings is 2. The van der Waals surface area contributed by atoms with Crippen LogP contribution < -0.4 is 10.9 Å². The summed E-state index contributed by atoms with van der Waals surface area (Å²) in [7, 11) is 0. The zero-order valence-corrected chi connectivity index (χ0v) is 14.8. The van der Waals surface area contributed by atoms with Gasteiger partial charge >= 0.3 is 11.6 Å². The van der Waals surface area contributed by atoms with Gasteiger partial charge in [-0.1, -0.05) is 18.2 Å². The van der Waals surface area contributed by atoms with Gasteiger partial charge in [-0.05, 0) is 32.0 Å². The number of aromatic hydroxyl groups is 1. The number of cyclic esters (lactones) is 1. The molecule has 0 unspecified atom stereocenters. The van der Waals surface area contributed by atoms with E-state index in [0.29, 0.717) is 22.2 Å². The van der Waals surface area contributed by atoms with E-state index < -0.39 is 17.2 Å². The molecule has 1 aliphatic heterocycles. The van der Waals surface area contributed by atoms with E-state index in [1.54, 1.807) is 38.1 Å². The molecule has 2 aromatic carbocycles. The molecule has 1 aliphatic rings. The van der Waals surface area contributed by atoms with Crippen molar-refractivity contribution in [3.05, 3.63) is 76.3 Å². The highest BCUT2D eigenvalue weighted by molar-refractivity contribution is 6.21. The number of carbonyl (C=O) groups is 1. The Kier molecular flexibility index (Phi) is 3.77. The van der Waals surface area contributed by atoms with Gasteiger partial charge in [-0.15, -0.1) is 0 Å². The van der Waals surface area contributed by atoms with E-state index in [4.69, 9.17) is 9.15 Å². The number of anilines is 1. The molecule has 0 aliphatic carbocycles. The third kappa shape index (κ3) is 2.95. The molecule has 0 saturated heterocycles. The molecule has 0 fully saturated rings. The first kappa shape index (κ1) is 16.9. The van der Waals surface area contributed by atoms with Crippen LogP contribution in [0.3, 0.4) is 0 Å². The molecule has 136 valence electrons. The second-order valence-electron chi connectivity index (χ2n) is 6.81. The van der Waals surface area contributed by atoms with Crippen LogP contribution in [0.4, 0.5) is 5.69 Å². The third-order valence-corrected chi connectivity index (χ3v) is 4.50. The highest BCUT2D eigenvalue weighted by atomic mass is 16.6. The first-order valence-electron chi connectivity index (χ1n) is 8.42. The summed E-state index contributed by atoms with van der Waals surface area (Å²) < 4.78 is 11.0. The van der Waals surface area contributed by atoms with Gasteiger partial charge in [0.15, 0.2) is 0 Å². The number of ether oxygens (including phenoxy) is 1. The Bertz CT molecular complexity index is 1160. The quantitative estimate of drug-likeness (QED) is 0.410.